The van der Waals surface area contributed by atoms with Crippen LogP contribution in [0.15, 0.2) is 4.99 Å². The summed E-state index contributed by atoms with van der Waals surface area (Å²) < 4.78 is 4.99. The molecule has 0 radical (unpaired) electrons. The molecule has 0 saturated heterocycles. The lowest BCUT2D eigenvalue weighted by molar-refractivity contribution is -0.122. The van der Waals surface area contributed by atoms with E-state index in [0.717, 1.165) is 18.8 Å². The molecule has 1 rings (SSSR count). The van der Waals surface area contributed by atoms with E-state index in [1.165, 1.54) is 12.8 Å². The first-order valence-electron chi connectivity index (χ1n) is 4.92. The quantitative estimate of drug-likeness (QED) is 0.595. The van der Waals surface area contributed by atoms with Crippen molar-refractivity contribution in [2.75, 3.05) is 26.3 Å². The number of carbonyl (C=O) groups is 1. The second-order valence-electron chi connectivity index (χ2n) is 3.23. The van der Waals surface area contributed by atoms with E-state index >= 15 is 0 Å². The molecule has 5 nitrogen and oxygen atoms in total. The predicted octanol–water partition coefficient (Wildman–Crippen LogP) is -0.340. The van der Waals surface area contributed by atoms with Gasteiger partial charge in [0, 0.05) is 19.5 Å². The lowest BCUT2D eigenvalue weighted by Crippen LogP contribution is -2.30. The summed E-state index contributed by atoms with van der Waals surface area (Å²) in [6, 6.07) is 0. The molecule has 0 aliphatic carbocycles. The van der Waals surface area contributed by atoms with E-state index in [9.17, 15) is 4.79 Å². The van der Waals surface area contributed by atoms with E-state index in [1.807, 2.05) is 0 Å². The van der Waals surface area contributed by atoms with Gasteiger partial charge in [0.2, 0.25) is 5.91 Å². The molecule has 0 aromatic rings. The van der Waals surface area contributed by atoms with Gasteiger partial charge in [-0.3, -0.25) is 9.79 Å². The highest BCUT2D eigenvalue weighted by Crippen LogP contribution is 2.03. The number of rotatable bonds is 5. The molecule has 0 aromatic heterocycles. The fourth-order valence-electron chi connectivity index (χ4n) is 1.28. The van der Waals surface area contributed by atoms with Crippen molar-refractivity contribution in [3.05, 3.63) is 0 Å². The van der Waals surface area contributed by atoms with Gasteiger partial charge >= 0.3 is 0 Å². The van der Waals surface area contributed by atoms with Crippen molar-refractivity contribution >= 4 is 11.7 Å². The van der Waals surface area contributed by atoms with Crippen LogP contribution in [-0.2, 0) is 9.53 Å². The Morgan fingerprint density at radius 2 is 2.43 bits per heavy atom. The van der Waals surface area contributed by atoms with Gasteiger partial charge in [-0.25, -0.2) is 0 Å². The first-order valence-corrected chi connectivity index (χ1v) is 4.92. The maximum atomic E-state index is 10.3. The smallest absolute Gasteiger partial charge is 0.243 e. The van der Waals surface area contributed by atoms with Gasteiger partial charge in [0.25, 0.3) is 0 Å². The Balaban J connectivity index is 1.98. The van der Waals surface area contributed by atoms with Gasteiger partial charge < -0.3 is 15.8 Å². The van der Waals surface area contributed by atoms with E-state index in [4.69, 9.17) is 10.5 Å². The minimum absolute atomic E-state index is 0.00580. The summed E-state index contributed by atoms with van der Waals surface area (Å²) in [5, 5.41) is 3.17. The van der Waals surface area contributed by atoms with Gasteiger partial charge in [-0.05, 0) is 12.8 Å². The van der Waals surface area contributed by atoms with Crippen molar-refractivity contribution in [3.8, 4) is 0 Å². The van der Waals surface area contributed by atoms with Crippen molar-refractivity contribution in [1.82, 2.24) is 5.32 Å². The highest BCUT2D eigenvalue weighted by atomic mass is 16.5. The van der Waals surface area contributed by atoms with E-state index in [2.05, 4.69) is 10.3 Å². The Labute approximate surface area is 83.7 Å². The second-order valence-corrected chi connectivity index (χ2v) is 3.23. The van der Waals surface area contributed by atoms with Gasteiger partial charge in [0.1, 0.15) is 6.61 Å². The average molecular weight is 199 g/mol. The van der Waals surface area contributed by atoms with Crippen LogP contribution in [0.3, 0.4) is 0 Å². The van der Waals surface area contributed by atoms with E-state index in [0.29, 0.717) is 13.2 Å². The van der Waals surface area contributed by atoms with Crippen molar-refractivity contribution in [2.45, 2.75) is 19.3 Å². The number of primary amides is 1. The first-order chi connectivity index (χ1) is 6.79. The van der Waals surface area contributed by atoms with Crippen LogP contribution in [0.25, 0.3) is 0 Å². The van der Waals surface area contributed by atoms with Gasteiger partial charge in [-0.1, -0.05) is 0 Å². The highest BCUT2D eigenvalue weighted by molar-refractivity contribution is 5.82. The summed E-state index contributed by atoms with van der Waals surface area (Å²) in [5.41, 5.74) is 4.91. The molecule has 1 amide bonds. The van der Waals surface area contributed by atoms with Crippen LogP contribution < -0.4 is 11.1 Å². The highest BCUT2D eigenvalue weighted by Gasteiger charge is 2.03. The SMILES string of the molecule is NC(=O)COCCNC1=NCCCC1. The van der Waals surface area contributed by atoms with Crippen LogP contribution in [0, 0.1) is 0 Å². The van der Waals surface area contributed by atoms with Crippen molar-refractivity contribution in [2.24, 2.45) is 10.7 Å². The molecule has 5 heteroatoms. The zero-order valence-electron chi connectivity index (χ0n) is 8.29. The monoisotopic (exact) mass is 199 g/mol. The van der Waals surface area contributed by atoms with Gasteiger partial charge in [-0.15, -0.1) is 0 Å². The van der Waals surface area contributed by atoms with Crippen molar-refractivity contribution in [3.63, 3.8) is 0 Å². The van der Waals surface area contributed by atoms with Gasteiger partial charge in [0.15, 0.2) is 0 Å². The largest absolute Gasteiger partial charge is 0.372 e. The third-order valence-corrected chi connectivity index (χ3v) is 1.94. The molecular weight excluding hydrogens is 182 g/mol. The second kappa shape index (κ2) is 6.37. The molecule has 3 N–H and O–H groups in total. The first kappa shape index (κ1) is 11.0. The molecule has 0 fully saturated rings. The molecule has 1 heterocycles. The number of nitrogens with zero attached hydrogens (tertiary/aromatic N) is 1. The number of amidine groups is 1. The van der Waals surface area contributed by atoms with E-state index in [1.54, 1.807) is 0 Å². The number of hydrogen-bond acceptors (Lipinski definition) is 4. The maximum Gasteiger partial charge on any atom is 0.243 e. The van der Waals surface area contributed by atoms with Gasteiger partial charge in [-0.2, -0.15) is 0 Å². The van der Waals surface area contributed by atoms with Crippen LogP contribution in [0.4, 0.5) is 0 Å². The third-order valence-electron chi connectivity index (χ3n) is 1.94. The minimum Gasteiger partial charge on any atom is -0.372 e. The molecule has 80 valence electrons. The molecule has 14 heavy (non-hydrogen) atoms. The van der Waals surface area contributed by atoms with Gasteiger partial charge in [0.05, 0.1) is 12.4 Å². The Hall–Kier alpha value is -1.10. The zero-order valence-corrected chi connectivity index (χ0v) is 8.29. The maximum absolute atomic E-state index is 10.3. The van der Waals surface area contributed by atoms with Crippen LogP contribution in [0.1, 0.15) is 19.3 Å². The minimum atomic E-state index is -0.431. The Kier molecular flexibility index (Phi) is 4.99. The molecule has 1 aliphatic rings. The molecule has 1 aliphatic heterocycles. The number of ether oxygens (including phenoxy) is 1. The molecule has 0 atom stereocenters. The number of hydrogen-bond donors (Lipinski definition) is 2. The van der Waals surface area contributed by atoms with Crippen molar-refractivity contribution < 1.29 is 9.53 Å². The van der Waals surface area contributed by atoms with Crippen molar-refractivity contribution in [1.29, 1.82) is 0 Å². The number of carbonyl (C=O) groups excluding carboxylic acids is 1. The topological polar surface area (TPSA) is 76.7 Å². The van der Waals surface area contributed by atoms with E-state index < -0.39 is 5.91 Å². The van der Waals surface area contributed by atoms with Crippen LogP contribution in [0.5, 0.6) is 0 Å². The number of aliphatic imine (C=N–C) groups is 1. The lowest BCUT2D eigenvalue weighted by atomic mass is 10.2. The summed E-state index contributed by atoms with van der Waals surface area (Å²) >= 11 is 0. The summed E-state index contributed by atoms with van der Waals surface area (Å²) in [6.45, 7) is 2.09. The third kappa shape index (κ3) is 4.81. The summed E-state index contributed by atoms with van der Waals surface area (Å²) in [6.07, 6.45) is 3.41. The Morgan fingerprint density at radius 3 is 3.07 bits per heavy atom. The molecule has 0 spiro atoms. The number of nitrogens with two attached hydrogens (primary N) is 1. The predicted molar refractivity (Wildman–Crippen MR) is 54.2 cm³/mol. The fourth-order valence-corrected chi connectivity index (χ4v) is 1.28. The summed E-state index contributed by atoms with van der Waals surface area (Å²) in [7, 11) is 0. The molecule has 0 unspecified atom stereocenters. The zero-order chi connectivity index (χ0) is 10.2. The van der Waals surface area contributed by atoms with Crippen LogP contribution in [0.2, 0.25) is 0 Å². The lowest BCUT2D eigenvalue weighted by Gasteiger charge is -2.13. The molecule has 0 aromatic carbocycles. The Morgan fingerprint density at radius 1 is 1.57 bits per heavy atom. The van der Waals surface area contributed by atoms with Crippen LogP contribution in [-0.4, -0.2) is 38.0 Å². The van der Waals surface area contributed by atoms with Crippen LogP contribution >= 0.6 is 0 Å². The Bertz CT molecular complexity index is 216. The summed E-state index contributed by atoms with van der Waals surface area (Å²) in [5.74, 6) is 0.624. The number of amides is 1. The summed E-state index contributed by atoms with van der Waals surface area (Å²) in [4.78, 5) is 14.6. The number of nitrogens with one attached hydrogen (secondary N) is 1. The molecular formula is C9H17N3O2. The fraction of sp³-hybridized carbons (Fsp3) is 0.778. The molecule has 0 saturated carbocycles. The van der Waals surface area contributed by atoms with E-state index in [-0.39, 0.29) is 6.61 Å². The average Bonchev–Trinajstić information content (AvgIpc) is 2.18. The normalized spacial score (nSPS) is 16.1. The standard InChI is InChI=1S/C9H17N3O2/c10-8(13)7-14-6-5-12-9-3-1-2-4-11-9/h1-7H2,(H2,10,13)(H,11,12). The molecule has 0 bridgehead atoms.